The molecule has 0 spiro atoms. The summed E-state index contributed by atoms with van der Waals surface area (Å²) in [6, 6.07) is 72.7. The molecule has 0 saturated carbocycles. The molecular weight excluding hydrogens is 757 g/mol. The molecule has 10 aromatic carbocycles. The second-order valence-electron chi connectivity index (χ2n) is 16.0. The van der Waals surface area contributed by atoms with Crippen molar-refractivity contribution in [2.45, 2.75) is 0 Å². The van der Waals surface area contributed by atoms with Crippen molar-refractivity contribution in [1.82, 2.24) is 19.5 Å². The third-order valence-corrected chi connectivity index (χ3v) is 12.4. The number of para-hydroxylation sites is 1. The Kier molecular flexibility index (Phi) is 7.54. The summed E-state index contributed by atoms with van der Waals surface area (Å²) in [6.45, 7) is 0. The molecule has 5 heteroatoms. The van der Waals surface area contributed by atoms with Crippen LogP contribution in [0.25, 0.3) is 127 Å². The van der Waals surface area contributed by atoms with Gasteiger partial charge in [-0.15, -0.1) is 0 Å². The van der Waals surface area contributed by atoms with Crippen molar-refractivity contribution < 1.29 is 4.42 Å². The Morgan fingerprint density at radius 3 is 1.55 bits per heavy atom. The van der Waals surface area contributed by atoms with Gasteiger partial charge >= 0.3 is 0 Å². The molecule has 0 unspecified atom stereocenters. The molecule has 0 amide bonds. The molecule has 0 atom stereocenters. The molecule has 288 valence electrons. The highest BCUT2D eigenvalue weighted by Gasteiger charge is 2.24. The van der Waals surface area contributed by atoms with Crippen LogP contribution in [-0.4, -0.2) is 19.5 Å². The van der Waals surface area contributed by atoms with Gasteiger partial charge in [0.25, 0.3) is 0 Å². The number of nitrogens with zero attached hydrogens (tertiary/aromatic N) is 4. The SMILES string of the molecule is c1ccc(-c2ccc(-c3nc(-c4cccc5ccccc45)nc(-c4ccc(-n5c6cc7ccccc7cc6c6cc7ccccc7cc65)c5oc6ccccc6c45)n3)cc2)cc1. The van der Waals surface area contributed by atoms with E-state index in [1.807, 2.05) is 18.2 Å². The van der Waals surface area contributed by atoms with Crippen LogP contribution in [0.5, 0.6) is 0 Å². The van der Waals surface area contributed by atoms with Crippen LogP contribution < -0.4 is 0 Å². The first kappa shape index (κ1) is 34.5. The van der Waals surface area contributed by atoms with E-state index < -0.39 is 0 Å². The van der Waals surface area contributed by atoms with Crippen molar-refractivity contribution >= 4 is 76.1 Å². The van der Waals surface area contributed by atoms with Gasteiger partial charge in [0.2, 0.25) is 0 Å². The van der Waals surface area contributed by atoms with E-state index in [1.165, 1.54) is 32.3 Å². The molecule has 0 aliphatic heterocycles. The predicted octanol–water partition coefficient (Wildman–Crippen LogP) is 15.0. The quantitative estimate of drug-likeness (QED) is 0.174. The molecule has 13 aromatic rings. The van der Waals surface area contributed by atoms with Crippen LogP contribution in [0.1, 0.15) is 0 Å². The summed E-state index contributed by atoms with van der Waals surface area (Å²) in [6.07, 6.45) is 0. The van der Waals surface area contributed by atoms with Crippen molar-refractivity contribution in [3.8, 4) is 51.0 Å². The fourth-order valence-corrected chi connectivity index (χ4v) is 9.43. The van der Waals surface area contributed by atoms with Crippen LogP contribution in [0.4, 0.5) is 0 Å². The first-order valence-electron chi connectivity index (χ1n) is 20.9. The third kappa shape index (κ3) is 5.38. The van der Waals surface area contributed by atoms with E-state index in [4.69, 9.17) is 19.4 Å². The highest BCUT2D eigenvalue weighted by atomic mass is 16.3. The number of hydrogen-bond acceptors (Lipinski definition) is 4. The number of rotatable bonds is 5. The molecule has 3 heterocycles. The molecule has 62 heavy (non-hydrogen) atoms. The topological polar surface area (TPSA) is 56.7 Å². The van der Waals surface area contributed by atoms with Crippen molar-refractivity contribution in [1.29, 1.82) is 0 Å². The largest absolute Gasteiger partial charge is 0.454 e. The maximum atomic E-state index is 6.99. The van der Waals surface area contributed by atoms with Gasteiger partial charge in [0.1, 0.15) is 5.58 Å². The maximum Gasteiger partial charge on any atom is 0.164 e. The van der Waals surface area contributed by atoms with Crippen molar-refractivity contribution in [3.63, 3.8) is 0 Å². The first-order chi connectivity index (χ1) is 30.7. The van der Waals surface area contributed by atoms with Crippen molar-refractivity contribution in [3.05, 3.63) is 206 Å². The summed E-state index contributed by atoms with van der Waals surface area (Å²) < 4.78 is 9.37. The van der Waals surface area contributed by atoms with E-state index >= 15 is 0 Å². The molecule has 0 aliphatic rings. The lowest BCUT2D eigenvalue weighted by Crippen LogP contribution is -2.02. The summed E-state index contributed by atoms with van der Waals surface area (Å²) >= 11 is 0. The third-order valence-electron chi connectivity index (χ3n) is 12.4. The van der Waals surface area contributed by atoms with Gasteiger partial charge < -0.3 is 8.98 Å². The lowest BCUT2D eigenvalue weighted by atomic mass is 10.0. The second-order valence-corrected chi connectivity index (χ2v) is 16.0. The number of furan rings is 1. The van der Waals surface area contributed by atoms with Crippen molar-refractivity contribution in [2.75, 3.05) is 0 Å². The van der Waals surface area contributed by atoms with E-state index in [9.17, 15) is 0 Å². The lowest BCUT2D eigenvalue weighted by molar-refractivity contribution is 0.666. The maximum absolute atomic E-state index is 6.99. The van der Waals surface area contributed by atoms with Gasteiger partial charge in [-0.05, 0) is 85.9 Å². The minimum absolute atomic E-state index is 0.576. The minimum atomic E-state index is 0.576. The van der Waals surface area contributed by atoms with E-state index in [-0.39, 0.29) is 0 Å². The Morgan fingerprint density at radius 2 is 0.855 bits per heavy atom. The summed E-state index contributed by atoms with van der Waals surface area (Å²) in [5.74, 6) is 1.79. The fourth-order valence-electron chi connectivity index (χ4n) is 9.43. The molecule has 0 fully saturated rings. The Balaban J connectivity index is 1.09. The van der Waals surface area contributed by atoms with E-state index in [0.717, 1.165) is 77.2 Å². The summed E-state index contributed by atoms with van der Waals surface area (Å²) in [7, 11) is 0. The molecule has 0 radical (unpaired) electrons. The predicted molar refractivity (Wildman–Crippen MR) is 256 cm³/mol. The van der Waals surface area contributed by atoms with Gasteiger partial charge in [-0.3, -0.25) is 0 Å². The summed E-state index contributed by atoms with van der Waals surface area (Å²) in [4.78, 5) is 15.9. The average molecular weight is 791 g/mol. The normalized spacial score (nSPS) is 11.9. The highest BCUT2D eigenvalue weighted by Crippen LogP contribution is 2.44. The van der Waals surface area contributed by atoms with Gasteiger partial charge in [-0.25, -0.2) is 15.0 Å². The van der Waals surface area contributed by atoms with Crippen LogP contribution in [0.2, 0.25) is 0 Å². The smallest absolute Gasteiger partial charge is 0.164 e. The zero-order valence-corrected chi connectivity index (χ0v) is 33.3. The molecular formula is C57H34N4O. The number of aromatic nitrogens is 4. The van der Waals surface area contributed by atoms with Gasteiger partial charge in [0.05, 0.1) is 16.7 Å². The first-order valence-corrected chi connectivity index (χ1v) is 20.9. The Hall–Kier alpha value is -8.41. The van der Waals surface area contributed by atoms with Crippen molar-refractivity contribution in [2.24, 2.45) is 0 Å². The number of fused-ring (bicyclic) bond motifs is 9. The van der Waals surface area contributed by atoms with Gasteiger partial charge in [0, 0.05) is 38.2 Å². The van der Waals surface area contributed by atoms with E-state index in [1.54, 1.807) is 0 Å². The van der Waals surface area contributed by atoms with Crippen LogP contribution in [0.15, 0.2) is 211 Å². The minimum Gasteiger partial charge on any atom is -0.454 e. The fraction of sp³-hybridized carbons (Fsp3) is 0. The molecule has 0 N–H and O–H groups in total. The van der Waals surface area contributed by atoms with E-state index in [0.29, 0.717) is 17.5 Å². The van der Waals surface area contributed by atoms with Crippen LogP contribution in [0, 0.1) is 0 Å². The van der Waals surface area contributed by atoms with Gasteiger partial charge in [0.15, 0.2) is 23.1 Å². The zero-order valence-electron chi connectivity index (χ0n) is 33.3. The monoisotopic (exact) mass is 790 g/mol. The van der Waals surface area contributed by atoms with Gasteiger partial charge in [-0.2, -0.15) is 0 Å². The Labute approximate surface area is 355 Å². The molecule has 3 aromatic heterocycles. The molecule has 0 bridgehead atoms. The average Bonchev–Trinajstić information content (AvgIpc) is 3.87. The van der Waals surface area contributed by atoms with Crippen LogP contribution >= 0.6 is 0 Å². The molecule has 0 saturated heterocycles. The number of benzene rings is 10. The summed E-state index contributed by atoms with van der Waals surface area (Å²) in [5.41, 5.74) is 9.76. The number of hydrogen-bond donors (Lipinski definition) is 0. The highest BCUT2D eigenvalue weighted by molar-refractivity contribution is 6.19. The molecule has 13 rings (SSSR count). The van der Waals surface area contributed by atoms with E-state index in [2.05, 4.69) is 193 Å². The summed E-state index contributed by atoms with van der Waals surface area (Å²) in [5, 5.41) is 11.3. The van der Waals surface area contributed by atoms with Crippen LogP contribution in [-0.2, 0) is 0 Å². The van der Waals surface area contributed by atoms with Gasteiger partial charge in [-0.1, -0.05) is 164 Å². The van der Waals surface area contributed by atoms with Crippen LogP contribution in [0.3, 0.4) is 0 Å². The lowest BCUT2D eigenvalue weighted by Gasteiger charge is -2.13. The Bertz CT molecular complexity index is 3820. The molecule has 5 nitrogen and oxygen atoms in total. The molecule has 0 aliphatic carbocycles. The second kappa shape index (κ2) is 13.6. The standard InChI is InChI=1S/C57H34N4O/c1-2-13-35(14-3-1)36-25-27-38(28-26-36)55-58-56(44-23-12-20-37-15-8-9-21-43(37)44)60-57(59-55)46-29-30-49(54-53(46)45-22-10-11-24-52(45)62-54)61-50-33-41-18-6-4-16-39(41)31-47(50)48-32-40-17-5-7-19-42(40)34-51(48)61/h1-34H. The Morgan fingerprint density at radius 1 is 0.339 bits per heavy atom. The zero-order chi connectivity index (χ0) is 40.7.